The van der Waals surface area contributed by atoms with Gasteiger partial charge < -0.3 is 19.7 Å². The maximum atomic E-state index is 10.7. The van der Waals surface area contributed by atoms with Gasteiger partial charge in [-0.25, -0.2) is 0 Å². The van der Waals surface area contributed by atoms with Crippen LogP contribution in [0.15, 0.2) is 10.2 Å². The smallest absolute Gasteiger partial charge is 0.158 e. The van der Waals surface area contributed by atoms with E-state index in [-0.39, 0.29) is 12.5 Å². The molecule has 0 unspecified atom stereocenters. The average molecular weight is 403 g/mol. The molecule has 0 aromatic rings. The predicted molar refractivity (Wildman–Crippen MR) is 98.6 cm³/mol. The molecular formula is C14H22N6O4S2. The van der Waals surface area contributed by atoms with E-state index in [2.05, 4.69) is 20.1 Å². The molecule has 26 heavy (non-hydrogen) atoms. The van der Waals surface area contributed by atoms with Crippen molar-refractivity contribution < 1.29 is 19.7 Å². The van der Waals surface area contributed by atoms with E-state index in [4.69, 9.17) is 20.5 Å². The molecule has 3 fully saturated rings. The van der Waals surface area contributed by atoms with Gasteiger partial charge in [-0.3, -0.25) is 0 Å². The Labute approximate surface area is 159 Å². The molecule has 3 rings (SSSR count). The van der Waals surface area contributed by atoms with Gasteiger partial charge in [-0.2, -0.15) is 0 Å². The molecule has 10 nitrogen and oxygen atoms in total. The zero-order valence-electron chi connectivity index (χ0n) is 14.3. The van der Waals surface area contributed by atoms with Crippen LogP contribution in [-0.2, 0) is 9.47 Å². The first kappa shape index (κ1) is 19.9. The van der Waals surface area contributed by atoms with Crippen LogP contribution < -0.4 is 0 Å². The van der Waals surface area contributed by atoms with Crippen molar-refractivity contribution in [1.29, 1.82) is 0 Å². The topological polar surface area (TPSA) is 156 Å². The van der Waals surface area contributed by atoms with Crippen LogP contribution in [-0.4, -0.2) is 68.6 Å². The van der Waals surface area contributed by atoms with Crippen LogP contribution in [0.1, 0.15) is 26.2 Å². The molecule has 144 valence electrons. The Hall–Kier alpha value is -0.840. The first-order valence-corrected chi connectivity index (χ1v) is 10.5. The third-order valence-electron chi connectivity index (χ3n) is 5.03. The van der Waals surface area contributed by atoms with E-state index in [1.54, 1.807) is 30.4 Å². The molecule has 0 aromatic heterocycles. The van der Waals surface area contributed by atoms with Crippen LogP contribution in [0.3, 0.4) is 0 Å². The summed E-state index contributed by atoms with van der Waals surface area (Å²) in [4.78, 5) is 5.66. The SMILES string of the molecule is C[C@@H]1O[C@@H](O[C@@H]2C[C@@H](N=[N+]=[N-])[C@H](O)C3(C2)SCCS3)C[C@@H](N=[N+]=[N-])[C@H]1O. The zero-order valence-corrected chi connectivity index (χ0v) is 15.9. The van der Waals surface area contributed by atoms with Gasteiger partial charge in [0.05, 0.1) is 40.6 Å². The number of nitrogens with zero attached hydrogens (tertiary/aromatic N) is 6. The van der Waals surface area contributed by atoms with Crippen LogP contribution >= 0.6 is 23.5 Å². The Morgan fingerprint density at radius 1 is 1.12 bits per heavy atom. The van der Waals surface area contributed by atoms with Gasteiger partial charge >= 0.3 is 0 Å². The van der Waals surface area contributed by atoms with Crippen molar-refractivity contribution in [2.75, 3.05) is 11.5 Å². The lowest BCUT2D eigenvalue weighted by Gasteiger charge is -2.45. The molecule has 3 aliphatic rings. The summed E-state index contributed by atoms with van der Waals surface area (Å²) in [5.41, 5.74) is 17.5. The highest BCUT2D eigenvalue weighted by atomic mass is 32.2. The summed E-state index contributed by atoms with van der Waals surface area (Å²) in [7, 11) is 0. The highest BCUT2D eigenvalue weighted by Gasteiger charge is 2.52. The van der Waals surface area contributed by atoms with E-state index in [0.717, 1.165) is 11.5 Å². The van der Waals surface area contributed by atoms with Gasteiger partial charge in [-0.15, -0.1) is 23.5 Å². The Kier molecular flexibility index (Phi) is 6.47. The third-order valence-corrected chi connectivity index (χ3v) is 8.60. The fourth-order valence-corrected chi connectivity index (χ4v) is 7.22. The molecule has 2 N–H and O–H groups in total. The molecule has 0 amide bonds. The molecule has 1 aliphatic carbocycles. The number of aliphatic hydroxyl groups excluding tert-OH is 2. The fraction of sp³-hybridized carbons (Fsp3) is 1.00. The number of rotatable bonds is 4. The van der Waals surface area contributed by atoms with E-state index in [1.165, 1.54) is 0 Å². The summed E-state index contributed by atoms with van der Waals surface area (Å²) in [6.07, 6.45) is -1.72. The molecule has 12 heteroatoms. The van der Waals surface area contributed by atoms with Crippen molar-refractivity contribution in [2.45, 2.75) is 73.1 Å². The molecule has 2 saturated heterocycles. The molecule has 2 aliphatic heterocycles. The lowest BCUT2D eigenvalue weighted by atomic mass is 9.89. The number of ether oxygens (including phenoxy) is 2. The highest BCUT2D eigenvalue weighted by Crippen LogP contribution is 2.54. The molecule has 7 atom stereocenters. The summed E-state index contributed by atoms with van der Waals surface area (Å²) >= 11 is 3.36. The number of aliphatic hydroxyl groups is 2. The van der Waals surface area contributed by atoms with Crippen molar-refractivity contribution in [3.05, 3.63) is 20.9 Å². The van der Waals surface area contributed by atoms with Gasteiger partial charge in [-0.1, -0.05) is 10.2 Å². The lowest BCUT2D eigenvalue weighted by Crippen LogP contribution is -2.53. The summed E-state index contributed by atoms with van der Waals surface area (Å²) in [6, 6.07) is -1.17. The lowest BCUT2D eigenvalue weighted by molar-refractivity contribution is -0.244. The Morgan fingerprint density at radius 3 is 2.42 bits per heavy atom. The number of azide groups is 2. The molecular weight excluding hydrogens is 380 g/mol. The van der Waals surface area contributed by atoms with Gasteiger partial charge in [0.25, 0.3) is 0 Å². The molecule has 1 saturated carbocycles. The first-order valence-electron chi connectivity index (χ1n) is 8.52. The van der Waals surface area contributed by atoms with Crippen LogP contribution in [0.4, 0.5) is 0 Å². The van der Waals surface area contributed by atoms with E-state index in [9.17, 15) is 10.2 Å². The molecule has 0 aromatic carbocycles. The minimum Gasteiger partial charge on any atom is -0.390 e. The zero-order chi connectivity index (χ0) is 18.7. The normalized spacial score (nSPS) is 42.0. The number of thioether (sulfide) groups is 2. The van der Waals surface area contributed by atoms with E-state index in [0.29, 0.717) is 12.8 Å². The van der Waals surface area contributed by atoms with Crippen molar-refractivity contribution in [1.82, 2.24) is 0 Å². The van der Waals surface area contributed by atoms with Gasteiger partial charge in [0.2, 0.25) is 0 Å². The second-order valence-corrected chi connectivity index (χ2v) is 9.80. The van der Waals surface area contributed by atoms with Gasteiger partial charge in [-0.05, 0) is 24.4 Å². The second-order valence-electron chi connectivity index (χ2n) is 6.69. The van der Waals surface area contributed by atoms with Crippen LogP contribution in [0, 0.1) is 0 Å². The summed E-state index contributed by atoms with van der Waals surface area (Å²) in [5.74, 6) is 1.86. The largest absolute Gasteiger partial charge is 0.390 e. The second kappa shape index (κ2) is 8.45. The summed E-state index contributed by atoms with van der Waals surface area (Å²) in [5, 5.41) is 28.2. The predicted octanol–water partition coefficient (Wildman–Crippen LogP) is 2.56. The van der Waals surface area contributed by atoms with Gasteiger partial charge in [0, 0.05) is 34.2 Å². The Balaban J connectivity index is 1.72. The first-order chi connectivity index (χ1) is 12.5. The average Bonchev–Trinajstić information content (AvgIpc) is 3.06. The highest BCUT2D eigenvalue weighted by molar-refractivity contribution is 8.21. The van der Waals surface area contributed by atoms with E-state index >= 15 is 0 Å². The number of hydrogen-bond donors (Lipinski definition) is 2. The van der Waals surface area contributed by atoms with E-state index < -0.39 is 40.8 Å². The number of hydrogen-bond acceptors (Lipinski definition) is 8. The van der Waals surface area contributed by atoms with Crippen LogP contribution in [0.25, 0.3) is 20.9 Å². The van der Waals surface area contributed by atoms with Crippen molar-refractivity contribution in [3.8, 4) is 0 Å². The monoisotopic (exact) mass is 402 g/mol. The van der Waals surface area contributed by atoms with Gasteiger partial charge in [0.1, 0.15) is 0 Å². The van der Waals surface area contributed by atoms with Crippen LogP contribution in [0.2, 0.25) is 0 Å². The maximum Gasteiger partial charge on any atom is 0.158 e. The van der Waals surface area contributed by atoms with Crippen LogP contribution in [0.5, 0.6) is 0 Å². The van der Waals surface area contributed by atoms with Crippen molar-refractivity contribution in [2.24, 2.45) is 10.2 Å². The van der Waals surface area contributed by atoms with Crippen molar-refractivity contribution >= 4 is 23.5 Å². The van der Waals surface area contributed by atoms with Crippen molar-refractivity contribution in [3.63, 3.8) is 0 Å². The fourth-order valence-electron chi connectivity index (χ4n) is 3.76. The Bertz CT molecular complexity index is 608. The van der Waals surface area contributed by atoms with E-state index in [1.807, 2.05) is 0 Å². The van der Waals surface area contributed by atoms with Gasteiger partial charge in [0.15, 0.2) is 6.29 Å². The minimum absolute atomic E-state index is 0.258. The quantitative estimate of drug-likeness (QED) is 0.418. The molecule has 0 radical (unpaired) electrons. The molecule has 0 bridgehead atoms. The molecule has 2 heterocycles. The summed E-state index contributed by atoms with van der Waals surface area (Å²) < 4.78 is 11.4. The standard InChI is InChI=1S/C14H22N6O4S2/c1-7-12(21)9(17-19-15)5-11(23-7)24-8-4-10(18-20-16)13(22)14(6-8)25-2-3-26-14/h7-13,21-22H,2-6H2,1H3/t7-,8+,9+,10+,11-,12-,13-/m0/s1. The Morgan fingerprint density at radius 2 is 1.77 bits per heavy atom. The third kappa shape index (κ3) is 4.02. The maximum absolute atomic E-state index is 10.7. The minimum atomic E-state index is -0.873. The molecule has 1 spiro atoms. The summed E-state index contributed by atoms with van der Waals surface area (Å²) in [6.45, 7) is 1.71.